The predicted octanol–water partition coefficient (Wildman–Crippen LogP) is 3.29. The second-order valence-electron chi connectivity index (χ2n) is 6.41. The van der Waals surface area contributed by atoms with Gasteiger partial charge in [-0.15, -0.1) is 10.6 Å². The van der Waals surface area contributed by atoms with E-state index < -0.39 is 4.92 Å². The van der Waals surface area contributed by atoms with Crippen molar-refractivity contribution in [2.24, 2.45) is 5.10 Å². The number of halogens is 1. The maximum Gasteiger partial charge on any atom is 0.269 e. The van der Waals surface area contributed by atoms with Crippen LogP contribution in [0.25, 0.3) is 5.69 Å². The summed E-state index contributed by atoms with van der Waals surface area (Å²) in [7, 11) is 0. The summed E-state index contributed by atoms with van der Waals surface area (Å²) in [5.74, 6) is 0.662. The molecule has 3 aromatic rings. The number of nitrogens with one attached hydrogen (secondary N) is 2. The van der Waals surface area contributed by atoms with Crippen LogP contribution in [0, 0.1) is 10.1 Å². The first kappa shape index (κ1) is 19.1. The summed E-state index contributed by atoms with van der Waals surface area (Å²) in [6, 6.07) is 14.6. The number of benzene rings is 2. The monoisotopic (exact) mass is 455 g/mol. The molecule has 0 saturated heterocycles. The third-order valence-corrected chi connectivity index (χ3v) is 5.41. The van der Waals surface area contributed by atoms with E-state index in [9.17, 15) is 10.1 Å². The number of hydrazone groups is 1. The van der Waals surface area contributed by atoms with Crippen molar-refractivity contribution in [2.45, 2.75) is 19.9 Å². The Bertz CT molecular complexity index is 1080. The van der Waals surface area contributed by atoms with Crippen LogP contribution < -0.4 is 11.1 Å². The van der Waals surface area contributed by atoms with Crippen molar-refractivity contribution in [1.29, 1.82) is 0 Å². The number of nitro benzene ring substituents is 1. The van der Waals surface area contributed by atoms with E-state index >= 15 is 0 Å². The van der Waals surface area contributed by atoms with Crippen molar-refractivity contribution < 1.29 is 4.92 Å². The van der Waals surface area contributed by atoms with Gasteiger partial charge in [0.05, 0.1) is 28.9 Å². The molecule has 1 aliphatic heterocycles. The van der Waals surface area contributed by atoms with Crippen molar-refractivity contribution in [3.63, 3.8) is 0 Å². The van der Waals surface area contributed by atoms with E-state index in [-0.39, 0.29) is 5.69 Å². The number of para-hydroxylation sites is 1. The van der Waals surface area contributed by atoms with Gasteiger partial charge in [-0.05, 0) is 39.5 Å². The Hall–Kier alpha value is -3.24. The summed E-state index contributed by atoms with van der Waals surface area (Å²) < 4.78 is 2.63. The Balaban J connectivity index is 1.60. The smallest absolute Gasteiger partial charge is 0.266 e. The molecule has 0 radical (unpaired) electrons. The van der Waals surface area contributed by atoms with Crippen LogP contribution in [0.4, 0.5) is 5.69 Å². The van der Waals surface area contributed by atoms with Crippen LogP contribution >= 0.6 is 15.9 Å². The third-order valence-electron chi connectivity index (χ3n) is 4.64. The lowest BCUT2D eigenvalue weighted by molar-refractivity contribution is -0.384. The van der Waals surface area contributed by atoms with E-state index in [0.717, 1.165) is 27.8 Å². The van der Waals surface area contributed by atoms with Crippen LogP contribution in [0.3, 0.4) is 0 Å². The molecule has 9 nitrogen and oxygen atoms in total. The van der Waals surface area contributed by atoms with E-state index in [1.807, 2.05) is 27.9 Å². The topological polar surface area (TPSA) is 101 Å². The minimum absolute atomic E-state index is 0.0637. The van der Waals surface area contributed by atoms with E-state index in [0.29, 0.717) is 12.4 Å². The molecule has 0 atom stereocenters. The number of nitrogens with zero attached hydrogens (tertiary/aromatic N) is 5. The molecule has 0 spiro atoms. The zero-order valence-electron chi connectivity index (χ0n) is 15.5. The molecule has 29 heavy (non-hydrogen) atoms. The molecule has 0 bridgehead atoms. The highest BCUT2D eigenvalue weighted by molar-refractivity contribution is 9.10. The Labute approximate surface area is 175 Å². The summed E-state index contributed by atoms with van der Waals surface area (Å²) in [6.07, 6.45) is 2.65. The number of hydrogen-bond donors (Lipinski definition) is 2. The molecule has 2 heterocycles. The fourth-order valence-electron chi connectivity index (χ4n) is 3.15. The Morgan fingerprint density at radius 1 is 1.17 bits per heavy atom. The van der Waals surface area contributed by atoms with Crippen LogP contribution in [-0.4, -0.2) is 25.5 Å². The Morgan fingerprint density at radius 2 is 1.93 bits per heavy atom. The van der Waals surface area contributed by atoms with Crippen LogP contribution in [0.5, 0.6) is 0 Å². The molecule has 2 aromatic carbocycles. The van der Waals surface area contributed by atoms with Gasteiger partial charge in [-0.25, -0.2) is 10.2 Å². The van der Waals surface area contributed by atoms with E-state index in [1.165, 1.54) is 17.7 Å². The van der Waals surface area contributed by atoms with Gasteiger partial charge in [0.15, 0.2) is 5.84 Å². The van der Waals surface area contributed by atoms with E-state index in [4.69, 9.17) is 0 Å². The van der Waals surface area contributed by atoms with Crippen LogP contribution in [0.1, 0.15) is 23.6 Å². The molecule has 2 N–H and O–H groups in total. The zero-order valence-corrected chi connectivity index (χ0v) is 17.1. The van der Waals surface area contributed by atoms with Gasteiger partial charge in [0.1, 0.15) is 4.60 Å². The number of non-ortho nitro benzene ring substituents is 1. The number of nitro groups is 1. The van der Waals surface area contributed by atoms with Gasteiger partial charge in [0.25, 0.3) is 5.69 Å². The van der Waals surface area contributed by atoms with Gasteiger partial charge in [0, 0.05) is 12.1 Å². The number of hydrazine groups is 2. The van der Waals surface area contributed by atoms with E-state index in [2.05, 4.69) is 50.2 Å². The second kappa shape index (κ2) is 8.02. The van der Waals surface area contributed by atoms with Gasteiger partial charge in [-0.2, -0.15) is 5.10 Å². The molecule has 10 heteroatoms. The number of hydrogen-bond acceptors (Lipinski definition) is 7. The average molecular weight is 456 g/mol. The zero-order chi connectivity index (χ0) is 20.4. The van der Waals surface area contributed by atoms with Crippen LogP contribution in [0.2, 0.25) is 0 Å². The first-order chi connectivity index (χ1) is 14.1. The number of aryl methyl sites for hydroxylation is 1. The minimum Gasteiger partial charge on any atom is -0.266 e. The van der Waals surface area contributed by atoms with Crippen molar-refractivity contribution >= 4 is 27.5 Å². The maximum atomic E-state index is 10.8. The first-order valence-corrected chi connectivity index (χ1v) is 9.79. The molecular formula is C19H18BrN7O2. The maximum absolute atomic E-state index is 10.8. The summed E-state index contributed by atoms with van der Waals surface area (Å²) in [5, 5.41) is 21.5. The Kier molecular flexibility index (Phi) is 5.28. The second-order valence-corrected chi connectivity index (χ2v) is 7.16. The molecule has 0 amide bonds. The van der Waals surface area contributed by atoms with E-state index in [1.54, 1.807) is 18.3 Å². The van der Waals surface area contributed by atoms with Gasteiger partial charge in [0.2, 0.25) is 0 Å². The Morgan fingerprint density at radius 3 is 2.66 bits per heavy atom. The lowest BCUT2D eigenvalue weighted by Gasteiger charge is -2.18. The fraction of sp³-hybridized carbons (Fsp3) is 0.158. The lowest BCUT2D eigenvalue weighted by Crippen LogP contribution is -2.40. The SMILES string of the molecule is CCc1ccccc1-n1ncc(C2=NNNN2Cc2ccc([N+](=O)[O-])cc2)c1Br. The summed E-state index contributed by atoms with van der Waals surface area (Å²) in [6.45, 7) is 2.57. The summed E-state index contributed by atoms with van der Waals surface area (Å²) >= 11 is 3.66. The van der Waals surface area contributed by atoms with Gasteiger partial charge < -0.3 is 0 Å². The van der Waals surface area contributed by atoms with Crippen molar-refractivity contribution in [2.75, 3.05) is 0 Å². The third kappa shape index (κ3) is 3.71. The molecular weight excluding hydrogens is 438 g/mol. The molecule has 1 aliphatic rings. The first-order valence-electron chi connectivity index (χ1n) is 9.00. The molecule has 0 aliphatic carbocycles. The van der Waals surface area contributed by atoms with Gasteiger partial charge in [-0.1, -0.05) is 37.3 Å². The van der Waals surface area contributed by atoms with Crippen molar-refractivity contribution in [1.82, 2.24) is 25.9 Å². The lowest BCUT2D eigenvalue weighted by atomic mass is 10.1. The van der Waals surface area contributed by atoms with Crippen LogP contribution in [0.15, 0.2) is 64.4 Å². The minimum atomic E-state index is -0.411. The molecule has 0 saturated carbocycles. The largest absolute Gasteiger partial charge is 0.269 e. The highest BCUT2D eigenvalue weighted by Crippen LogP contribution is 2.25. The van der Waals surface area contributed by atoms with Crippen molar-refractivity contribution in [3.05, 3.63) is 86.1 Å². The standard InChI is InChI=1S/C19H18BrN7O2/c1-2-14-5-3-4-6-17(14)26-18(20)16(11-21-26)19-22-23-24-25(19)12-13-7-9-15(10-8-13)27(28)29/h3-11,23-24H,2,12H2,1H3. The molecule has 0 unspecified atom stereocenters. The van der Waals surface area contributed by atoms with Crippen molar-refractivity contribution in [3.8, 4) is 5.69 Å². The fourth-order valence-corrected chi connectivity index (χ4v) is 3.71. The predicted molar refractivity (Wildman–Crippen MR) is 112 cm³/mol. The highest BCUT2D eigenvalue weighted by Gasteiger charge is 2.24. The molecule has 4 rings (SSSR count). The average Bonchev–Trinajstić information content (AvgIpc) is 3.34. The summed E-state index contributed by atoms with van der Waals surface area (Å²) in [4.78, 5) is 10.4. The van der Waals surface area contributed by atoms with Gasteiger partial charge in [-0.3, -0.25) is 15.1 Å². The van der Waals surface area contributed by atoms with Gasteiger partial charge >= 0.3 is 0 Å². The molecule has 0 fully saturated rings. The number of aromatic nitrogens is 2. The number of rotatable bonds is 6. The quantitative estimate of drug-likeness (QED) is 0.436. The normalized spacial score (nSPS) is 13.3. The molecule has 1 aromatic heterocycles. The van der Waals surface area contributed by atoms with Crippen LogP contribution in [-0.2, 0) is 13.0 Å². The highest BCUT2D eigenvalue weighted by atomic mass is 79.9. The molecule has 148 valence electrons. The summed E-state index contributed by atoms with van der Waals surface area (Å²) in [5.41, 5.74) is 9.72. The number of amidine groups is 1.